The third-order valence-electron chi connectivity index (χ3n) is 5.77. The molecule has 1 atom stereocenters. The van der Waals surface area contributed by atoms with E-state index in [4.69, 9.17) is 34.8 Å². The maximum absolute atomic E-state index is 13.9. The van der Waals surface area contributed by atoms with Crippen LogP contribution in [-0.4, -0.2) is 50.5 Å². The number of hydrogen-bond donors (Lipinski definition) is 1. The summed E-state index contributed by atoms with van der Waals surface area (Å²) in [6, 6.07) is 19.3. The Kier molecular flexibility index (Phi) is 10.4. The number of anilines is 1. The predicted molar refractivity (Wildman–Crippen MR) is 153 cm³/mol. The lowest BCUT2D eigenvalue weighted by molar-refractivity contribution is -0.140. The third-order valence-corrected chi connectivity index (χ3v) is 7.75. The number of nitrogens with one attached hydrogen (secondary N) is 1. The first-order valence-electron chi connectivity index (χ1n) is 11.8. The molecule has 0 spiro atoms. The van der Waals surface area contributed by atoms with Crippen molar-refractivity contribution in [3.05, 3.63) is 99.0 Å². The summed E-state index contributed by atoms with van der Waals surface area (Å²) in [4.78, 5) is 28.6. The first-order chi connectivity index (χ1) is 18.0. The molecule has 3 rings (SSSR count). The minimum atomic E-state index is -3.86. The molecule has 0 radical (unpaired) electrons. The normalized spacial score (nSPS) is 12.0. The molecule has 3 aromatic carbocycles. The molecule has 0 bridgehead atoms. The zero-order valence-electron chi connectivity index (χ0n) is 20.9. The molecular weight excluding hydrogens is 569 g/mol. The van der Waals surface area contributed by atoms with Crippen molar-refractivity contribution in [1.29, 1.82) is 0 Å². The van der Waals surface area contributed by atoms with Gasteiger partial charge < -0.3 is 10.2 Å². The van der Waals surface area contributed by atoms with Crippen molar-refractivity contribution < 1.29 is 18.0 Å². The van der Waals surface area contributed by atoms with Crippen LogP contribution in [0.1, 0.15) is 18.1 Å². The molecule has 0 aliphatic carbocycles. The first-order valence-corrected chi connectivity index (χ1v) is 14.8. The van der Waals surface area contributed by atoms with Gasteiger partial charge in [-0.05, 0) is 54.4 Å². The van der Waals surface area contributed by atoms with E-state index in [0.29, 0.717) is 27.2 Å². The molecule has 202 valence electrons. The molecule has 0 aliphatic rings. The number of halogens is 3. The zero-order chi connectivity index (χ0) is 27.9. The van der Waals surface area contributed by atoms with Gasteiger partial charge in [0.05, 0.1) is 11.9 Å². The summed E-state index contributed by atoms with van der Waals surface area (Å²) in [5.74, 6) is -0.948. The Bertz CT molecular complexity index is 1370. The van der Waals surface area contributed by atoms with Crippen molar-refractivity contribution in [2.75, 3.05) is 23.7 Å². The number of likely N-dealkylation sites (N-methyl/N-ethyl adjacent to an activating group) is 1. The average molecular weight is 597 g/mol. The Morgan fingerprint density at radius 3 is 2.13 bits per heavy atom. The van der Waals surface area contributed by atoms with Crippen molar-refractivity contribution in [3.63, 3.8) is 0 Å². The van der Waals surface area contributed by atoms with E-state index in [1.165, 1.54) is 29.2 Å². The van der Waals surface area contributed by atoms with Gasteiger partial charge >= 0.3 is 0 Å². The number of benzene rings is 3. The second-order valence-electron chi connectivity index (χ2n) is 8.60. The summed E-state index contributed by atoms with van der Waals surface area (Å²) >= 11 is 18.5. The summed E-state index contributed by atoms with van der Waals surface area (Å²) in [6.45, 7) is 1.57. The van der Waals surface area contributed by atoms with Crippen molar-refractivity contribution in [2.45, 2.75) is 25.9 Å². The lowest BCUT2D eigenvalue weighted by Gasteiger charge is -2.33. The molecule has 2 amide bonds. The van der Waals surface area contributed by atoms with Crippen molar-refractivity contribution >= 4 is 62.3 Å². The van der Waals surface area contributed by atoms with Crippen LogP contribution in [0, 0.1) is 0 Å². The van der Waals surface area contributed by atoms with Crippen molar-refractivity contribution in [3.8, 4) is 0 Å². The number of rotatable bonds is 11. The number of carbonyl (C=O) groups excluding carboxylic acids is 2. The van der Waals surface area contributed by atoms with Crippen molar-refractivity contribution in [1.82, 2.24) is 10.2 Å². The smallest absolute Gasteiger partial charge is 0.244 e. The van der Waals surface area contributed by atoms with Gasteiger partial charge in [0.1, 0.15) is 12.6 Å². The van der Waals surface area contributed by atoms with E-state index in [0.717, 1.165) is 16.1 Å². The van der Waals surface area contributed by atoms with Gasteiger partial charge in [-0.1, -0.05) is 71.2 Å². The maximum atomic E-state index is 13.9. The van der Waals surface area contributed by atoms with E-state index in [9.17, 15) is 18.0 Å². The summed E-state index contributed by atoms with van der Waals surface area (Å²) in [7, 11) is -3.86. The van der Waals surface area contributed by atoms with Crippen LogP contribution in [0.15, 0.2) is 72.8 Å². The molecule has 0 saturated heterocycles. The van der Waals surface area contributed by atoms with Gasteiger partial charge in [0.15, 0.2) is 0 Å². The van der Waals surface area contributed by atoms with E-state index in [1.54, 1.807) is 25.1 Å². The molecule has 0 aliphatic heterocycles. The molecule has 38 heavy (non-hydrogen) atoms. The summed E-state index contributed by atoms with van der Waals surface area (Å²) in [6.07, 6.45) is 1.23. The molecule has 7 nitrogen and oxygen atoms in total. The van der Waals surface area contributed by atoms with E-state index < -0.39 is 28.5 Å². The number of hydrogen-bond acceptors (Lipinski definition) is 4. The molecule has 0 unspecified atom stereocenters. The fourth-order valence-electron chi connectivity index (χ4n) is 3.90. The fourth-order valence-corrected chi connectivity index (χ4v) is 5.34. The molecule has 11 heteroatoms. The molecular formula is C27H28Cl3N3O4S. The molecule has 3 aromatic rings. The molecule has 0 saturated carbocycles. The van der Waals surface area contributed by atoms with Crippen LogP contribution in [-0.2, 0) is 32.6 Å². The quantitative estimate of drug-likeness (QED) is 0.330. The number of sulfonamides is 1. The van der Waals surface area contributed by atoms with Crippen LogP contribution in [0.25, 0.3) is 0 Å². The van der Waals surface area contributed by atoms with Crippen molar-refractivity contribution in [2.24, 2.45) is 0 Å². The van der Waals surface area contributed by atoms with Gasteiger partial charge in [-0.3, -0.25) is 13.9 Å². The topological polar surface area (TPSA) is 86.8 Å². The van der Waals surface area contributed by atoms with Gasteiger partial charge in [0.2, 0.25) is 21.8 Å². The van der Waals surface area contributed by atoms with Crippen LogP contribution in [0.5, 0.6) is 0 Å². The lowest BCUT2D eigenvalue weighted by Crippen LogP contribution is -2.53. The Hall–Kier alpha value is -2.78. The lowest BCUT2D eigenvalue weighted by atomic mass is 10.0. The highest BCUT2D eigenvalue weighted by molar-refractivity contribution is 7.92. The Morgan fingerprint density at radius 2 is 1.55 bits per heavy atom. The zero-order valence-corrected chi connectivity index (χ0v) is 24.0. The van der Waals surface area contributed by atoms with Crippen LogP contribution >= 0.6 is 34.8 Å². The molecule has 1 N–H and O–H groups in total. The third kappa shape index (κ3) is 8.11. The average Bonchev–Trinajstić information content (AvgIpc) is 2.86. The largest absolute Gasteiger partial charge is 0.355 e. The minimum Gasteiger partial charge on any atom is -0.355 e. The molecule has 0 fully saturated rings. The van der Waals surface area contributed by atoms with E-state index in [1.807, 2.05) is 30.3 Å². The second-order valence-corrected chi connectivity index (χ2v) is 11.8. The molecule has 0 heterocycles. The maximum Gasteiger partial charge on any atom is 0.244 e. The van der Waals surface area contributed by atoms with Gasteiger partial charge in [0, 0.05) is 34.6 Å². The SMILES string of the molecule is CCNC(=O)[C@@H](Cc1ccccc1)N(Cc1ccc(Cl)cc1Cl)C(=O)CN(c1ccc(Cl)cc1)S(C)(=O)=O. The highest BCUT2D eigenvalue weighted by atomic mass is 35.5. The van der Waals surface area contributed by atoms with E-state index >= 15 is 0 Å². The van der Waals surface area contributed by atoms with Gasteiger partial charge in [-0.25, -0.2) is 8.42 Å². The second kappa shape index (κ2) is 13.3. The first kappa shape index (κ1) is 29.8. The molecule has 0 aromatic heterocycles. The summed E-state index contributed by atoms with van der Waals surface area (Å²) < 4.78 is 26.4. The van der Waals surface area contributed by atoms with Gasteiger partial charge in [-0.2, -0.15) is 0 Å². The van der Waals surface area contributed by atoms with Gasteiger partial charge in [-0.15, -0.1) is 0 Å². The fraction of sp³-hybridized carbons (Fsp3) is 0.259. The van der Waals surface area contributed by atoms with Crippen LogP contribution in [0.3, 0.4) is 0 Å². The van der Waals surface area contributed by atoms with E-state index in [2.05, 4.69) is 5.32 Å². The summed E-state index contributed by atoms with van der Waals surface area (Å²) in [5.41, 5.74) is 1.66. The highest BCUT2D eigenvalue weighted by Gasteiger charge is 2.33. The monoisotopic (exact) mass is 595 g/mol. The summed E-state index contributed by atoms with van der Waals surface area (Å²) in [5, 5.41) is 3.97. The number of amides is 2. The van der Waals surface area contributed by atoms with Crippen LogP contribution < -0.4 is 9.62 Å². The van der Waals surface area contributed by atoms with Crippen LogP contribution in [0.4, 0.5) is 5.69 Å². The van der Waals surface area contributed by atoms with E-state index in [-0.39, 0.29) is 24.6 Å². The van der Waals surface area contributed by atoms with Crippen LogP contribution in [0.2, 0.25) is 15.1 Å². The Labute approximate surface area is 238 Å². The standard InChI is InChI=1S/C27H28Cl3N3O4S/c1-3-31-27(35)25(15-19-7-5-4-6-8-19)32(17-20-9-10-22(29)16-24(20)30)26(34)18-33(38(2,36)37)23-13-11-21(28)12-14-23/h4-14,16,25H,3,15,17-18H2,1-2H3,(H,31,35)/t25-/m1/s1. The number of nitrogens with zero attached hydrogens (tertiary/aromatic N) is 2. The number of carbonyl (C=O) groups is 2. The van der Waals surface area contributed by atoms with Gasteiger partial charge in [0.25, 0.3) is 0 Å². The Morgan fingerprint density at radius 1 is 0.921 bits per heavy atom. The highest BCUT2D eigenvalue weighted by Crippen LogP contribution is 2.25. The predicted octanol–water partition coefficient (Wildman–Crippen LogP) is 5.19. The Balaban J connectivity index is 2.06. The minimum absolute atomic E-state index is 0.0400.